The van der Waals surface area contributed by atoms with E-state index in [4.69, 9.17) is 18.6 Å². The van der Waals surface area contributed by atoms with Crippen LogP contribution in [0.25, 0.3) is 28.2 Å². The number of allylic oxidation sites excluding steroid dienone is 1. The zero-order chi connectivity index (χ0) is 26.6. The number of methoxy groups -OCH3 is 1. The molecule has 7 heteroatoms. The lowest BCUT2D eigenvalue weighted by Crippen LogP contribution is -2.29. The van der Waals surface area contributed by atoms with Crippen molar-refractivity contribution in [2.45, 2.75) is 19.3 Å². The van der Waals surface area contributed by atoms with E-state index in [1.807, 2.05) is 12.1 Å². The lowest BCUT2D eigenvalue weighted by atomic mass is 10.0. The standard InChI is InChI=1S/C31H37N3O4/c1-24(33-12-15-36-18-19-37-17-16-35-2)28(23-32)22-30-10-11-31(38-30)27-7-6-26-21-29(9-8-25(26)20-27)34-13-4-3-5-14-34/h6-11,20-22,33H,1,3-5,12-19H2,2H3/b28-22+. The van der Waals surface area contributed by atoms with Crippen molar-refractivity contribution in [2.24, 2.45) is 0 Å². The average molecular weight is 516 g/mol. The smallest absolute Gasteiger partial charge is 0.134 e. The minimum atomic E-state index is 0.414. The number of furan rings is 1. The van der Waals surface area contributed by atoms with Gasteiger partial charge in [0.25, 0.3) is 0 Å². The van der Waals surface area contributed by atoms with Crippen molar-refractivity contribution in [3.63, 3.8) is 0 Å². The fourth-order valence-electron chi connectivity index (χ4n) is 4.48. The van der Waals surface area contributed by atoms with Crippen LogP contribution in [0.5, 0.6) is 0 Å². The van der Waals surface area contributed by atoms with Crippen LogP contribution in [-0.2, 0) is 14.2 Å². The number of fused-ring (bicyclic) bond motifs is 1. The molecule has 1 N–H and O–H groups in total. The van der Waals surface area contributed by atoms with Gasteiger partial charge >= 0.3 is 0 Å². The summed E-state index contributed by atoms with van der Waals surface area (Å²) in [5.41, 5.74) is 3.24. The average Bonchev–Trinajstić information content (AvgIpc) is 3.43. The summed E-state index contributed by atoms with van der Waals surface area (Å²) in [7, 11) is 1.64. The lowest BCUT2D eigenvalue weighted by molar-refractivity contribution is 0.0259. The molecular weight excluding hydrogens is 478 g/mol. The first kappa shape index (κ1) is 27.5. The number of benzene rings is 2. The van der Waals surface area contributed by atoms with Crippen molar-refractivity contribution in [3.8, 4) is 17.4 Å². The molecule has 200 valence electrons. The number of anilines is 1. The molecule has 38 heavy (non-hydrogen) atoms. The first-order valence-electron chi connectivity index (χ1n) is 13.3. The molecule has 0 unspecified atom stereocenters. The van der Waals surface area contributed by atoms with Gasteiger partial charge in [0, 0.05) is 49.8 Å². The van der Waals surface area contributed by atoms with E-state index in [0.717, 1.165) is 24.4 Å². The van der Waals surface area contributed by atoms with E-state index in [2.05, 4.69) is 59.3 Å². The summed E-state index contributed by atoms with van der Waals surface area (Å²) in [6.07, 6.45) is 5.57. The molecule has 2 heterocycles. The van der Waals surface area contributed by atoms with Gasteiger partial charge in [0.05, 0.1) is 38.6 Å². The van der Waals surface area contributed by atoms with Crippen molar-refractivity contribution in [1.82, 2.24) is 5.32 Å². The molecule has 3 aromatic rings. The normalized spacial score (nSPS) is 14.0. The Morgan fingerprint density at radius 3 is 2.50 bits per heavy atom. The van der Waals surface area contributed by atoms with E-state index in [0.29, 0.717) is 56.6 Å². The van der Waals surface area contributed by atoms with Gasteiger partial charge in [-0.3, -0.25) is 0 Å². The molecular formula is C31H37N3O4. The second-order valence-electron chi connectivity index (χ2n) is 9.29. The van der Waals surface area contributed by atoms with Crippen LogP contribution in [0.2, 0.25) is 0 Å². The Balaban J connectivity index is 1.32. The SMILES string of the molecule is C=C(NCCOCCOCCOC)/C(C#N)=C/c1ccc(-c2ccc3cc(N4CCCCC4)ccc3c2)o1. The molecule has 0 amide bonds. The summed E-state index contributed by atoms with van der Waals surface area (Å²) in [6, 6.07) is 19.1. The maximum Gasteiger partial charge on any atom is 0.134 e. The summed E-state index contributed by atoms with van der Waals surface area (Å²) in [5, 5.41) is 15.2. The van der Waals surface area contributed by atoms with E-state index in [1.54, 1.807) is 13.2 Å². The van der Waals surface area contributed by atoms with E-state index in [9.17, 15) is 5.26 Å². The predicted molar refractivity (Wildman–Crippen MR) is 152 cm³/mol. The van der Waals surface area contributed by atoms with Crippen LogP contribution in [0.1, 0.15) is 25.0 Å². The van der Waals surface area contributed by atoms with Gasteiger partial charge in [-0.2, -0.15) is 5.26 Å². The third kappa shape index (κ3) is 7.72. The van der Waals surface area contributed by atoms with Gasteiger partial charge in [0.2, 0.25) is 0 Å². The van der Waals surface area contributed by atoms with Crippen molar-refractivity contribution >= 4 is 22.5 Å². The number of rotatable bonds is 14. The molecule has 0 atom stereocenters. The highest BCUT2D eigenvalue weighted by molar-refractivity contribution is 5.89. The number of ether oxygens (including phenoxy) is 3. The molecule has 0 saturated carbocycles. The Kier molecular flexibility index (Phi) is 10.4. The van der Waals surface area contributed by atoms with Crippen LogP contribution in [0, 0.1) is 11.3 Å². The Morgan fingerprint density at radius 1 is 0.974 bits per heavy atom. The van der Waals surface area contributed by atoms with Gasteiger partial charge in [-0.05, 0) is 60.4 Å². The molecule has 1 aliphatic heterocycles. The Labute approximate surface area is 225 Å². The summed E-state index contributed by atoms with van der Waals surface area (Å²) < 4.78 is 21.9. The molecule has 0 bridgehead atoms. The van der Waals surface area contributed by atoms with Crippen molar-refractivity contribution in [2.75, 3.05) is 64.7 Å². The van der Waals surface area contributed by atoms with Crippen molar-refractivity contribution in [3.05, 3.63) is 72.1 Å². The highest BCUT2D eigenvalue weighted by Gasteiger charge is 2.12. The minimum Gasteiger partial charge on any atom is -0.457 e. The number of nitrogens with zero attached hydrogens (tertiary/aromatic N) is 2. The van der Waals surface area contributed by atoms with Gasteiger partial charge in [0.15, 0.2) is 0 Å². The molecule has 0 radical (unpaired) electrons. The molecule has 1 fully saturated rings. The summed E-state index contributed by atoms with van der Waals surface area (Å²) in [5.74, 6) is 1.36. The van der Waals surface area contributed by atoms with Gasteiger partial charge in [0.1, 0.15) is 17.6 Å². The molecule has 1 aliphatic rings. The third-order valence-corrected chi connectivity index (χ3v) is 6.58. The van der Waals surface area contributed by atoms with Crippen LogP contribution >= 0.6 is 0 Å². The number of hydrogen-bond donors (Lipinski definition) is 1. The van der Waals surface area contributed by atoms with Crippen LogP contribution in [0.3, 0.4) is 0 Å². The van der Waals surface area contributed by atoms with Crippen LogP contribution in [-0.4, -0.2) is 59.8 Å². The lowest BCUT2D eigenvalue weighted by Gasteiger charge is -2.29. The molecule has 4 rings (SSSR count). The van der Waals surface area contributed by atoms with Crippen LogP contribution in [0.15, 0.2) is 70.8 Å². The van der Waals surface area contributed by atoms with Crippen molar-refractivity contribution < 1.29 is 18.6 Å². The second-order valence-corrected chi connectivity index (χ2v) is 9.29. The van der Waals surface area contributed by atoms with E-state index < -0.39 is 0 Å². The highest BCUT2D eigenvalue weighted by atomic mass is 16.5. The zero-order valence-electron chi connectivity index (χ0n) is 22.2. The van der Waals surface area contributed by atoms with Gasteiger partial charge in [-0.25, -0.2) is 0 Å². The van der Waals surface area contributed by atoms with Crippen LogP contribution < -0.4 is 10.2 Å². The van der Waals surface area contributed by atoms with Gasteiger partial charge in [-0.1, -0.05) is 24.8 Å². The highest BCUT2D eigenvalue weighted by Crippen LogP contribution is 2.30. The molecule has 0 aliphatic carbocycles. The summed E-state index contributed by atoms with van der Waals surface area (Å²) >= 11 is 0. The number of nitrogens with one attached hydrogen (secondary N) is 1. The molecule has 0 spiro atoms. The predicted octanol–water partition coefficient (Wildman–Crippen LogP) is 5.78. The summed E-state index contributed by atoms with van der Waals surface area (Å²) in [6.45, 7) is 9.43. The topological polar surface area (TPSA) is 79.9 Å². The molecule has 1 aromatic heterocycles. The first-order chi connectivity index (χ1) is 18.7. The monoisotopic (exact) mass is 515 g/mol. The largest absolute Gasteiger partial charge is 0.457 e. The fourth-order valence-corrected chi connectivity index (χ4v) is 4.48. The first-order valence-corrected chi connectivity index (χ1v) is 13.3. The van der Waals surface area contributed by atoms with E-state index in [1.165, 1.54) is 35.7 Å². The number of piperidine rings is 1. The molecule has 2 aromatic carbocycles. The molecule has 1 saturated heterocycles. The Bertz CT molecular complexity index is 1270. The number of nitriles is 1. The second kappa shape index (κ2) is 14.4. The maximum absolute atomic E-state index is 9.64. The fraction of sp³-hybridized carbons (Fsp3) is 0.387. The Hall–Kier alpha value is -3.57. The van der Waals surface area contributed by atoms with Crippen LogP contribution in [0.4, 0.5) is 5.69 Å². The van der Waals surface area contributed by atoms with E-state index >= 15 is 0 Å². The maximum atomic E-state index is 9.64. The molecule has 7 nitrogen and oxygen atoms in total. The Morgan fingerprint density at radius 2 is 1.71 bits per heavy atom. The van der Waals surface area contributed by atoms with Gasteiger partial charge < -0.3 is 28.8 Å². The minimum absolute atomic E-state index is 0.414. The van der Waals surface area contributed by atoms with Crippen molar-refractivity contribution in [1.29, 1.82) is 5.26 Å². The summed E-state index contributed by atoms with van der Waals surface area (Å²) in [4.78, 5) is 2.48. The zero-order valence-corrected chi connectivity index (χ0v) is 22.2. The van der Waals surface area contributed by atoms with E-state index in [-0.39, 0.29) is 0 Å². The van der Waals surface area contributed by atoms with Gasteiger partial charge in [-0.15, -0.1) is 0 Å². The quantitative estimate of drug-likeness (QED) is 0.166. The number of hydrogen-bond acceptors (Lipinski definition) is 7. The third-order valence-electron chi connectivity index (χ3n) is 6.58.